The SMILES string of the molecule is CCCC1(C)OCc2cnc(C(=O)N[C@H]3CCn4nc(C)cc4N(C)C3=O)nc21. The standard InChI is InChI=1S/C20H26N6O3/c1-5-7-20(3)16-13(11-29-20)10-21-17(23-16)18(27)22-14-6-8-26-15(9-12(2)24-26)25(4)19(14)28/h9-10,14H,5-8,11H2,1-4H3,(H,22,27)/t14-,20?/m0/s1. The van der Waals surface area contributed by atoms with Gasteiger partial charge < -0.3 is 10.1 Å². The number of hydrogen-bond donors (Lipinski definition) is 1. The smallest absolute Gasteiger partial charge is 0.289 e. The molecular formula is C20H26N6O3. The van der Waals surface area contributed by atoms with Gasteiger partial charge in [0.2, 0.25) is 5.82 Å². The normalized spacial score (nSPS) is 23.5. The molecule has 4 heterocycles. The number of nitrogens with one attached hydrogen (secondary N) is 1. The molecule has 0 radical (unpaired) electrons. The lowest BCUT2D eigenvalue weighted by Crippen LogP contribution is -2.47. The molecule has 9 heteroatoms. The van der Waals surface area contributed by atoms with Gasteiger partial charge in [-0.25, -0.2) is 14.6 Å². The number of anilines is 1. The van der Waals surface area contributed by atoms with E-state index in [2.05, 4.69) is 27.3 Å². The molecule has 2 aromatic heterocycles. The summed E-state index contributed by atoms with van der Waals surface area (Å²) in [5, 5.41) is 7.22. The quantitative estimate of drug-likeness (QED) is 0.841. The summed E-state index contributed by atoms with van der Waals surface area (Å²) in [6, 6.07) is 1.20. The summed E-state index contributed by atoms with van der Waals surface area (Å²) in [6.45, 7) is 6.95. The number of hydrogen-bond acceptors (Lipinski definition) is 6. The van der Waals surface area contributed by atoms with Gasteiger partial charge >= 0.3 is 0 Å². The van der Waals surface area contributed by atoms with E-state index >= 15 is 0 Å². The molecule has 0 saturated heterocycles. The molecule has 2 aliphatic rings. The molecule has 1 N–H and O–H groups in total. The number of fused-ring (bicyclic) bond motifs is 2. The van der Waals surface area contributed by atoms with Crippen LogP contribution < -0.4 is 10.2 Å². The highest BCUT2D eigenvalue weighted by atomic mass is 16.5. The number of amides is 2. The fourth-order valence-electron chi connectivity index (χ4n) is 4.10. The predicted molar refractivity (Wildman–Crippen MR) is 105 cm³/mol. The van der Waals surface area contributed by atoms with E-state index in [9.17, 15) is 9.59 Å². The average Bonchev–Trinajstić information content (AvgIpc) is 3.21. The van der Waals surface area contributed by atoms with E-state index < -0.39 is 17.6 Å². The molecule has 154 valence electrons. The Morgan fingerprint density at radius 2 is 2.24 bits per heavy atom. The molecule has 2 aromatic rings. The van der Waals surface area contributed by atoms with Crippen molar-refractivity contribution in [3.8, 4) is 0 Å². The second kappa shape index (κ2) is 7.22. The fraction of sp³-hybridized carbons (Fsp3) is 0.550. The van der Waals surface area contributed by atoms with E-state index in [4.69, 9.17) is 4.74 Å². The summed E-state index contributed by atoms with van der Waals surface area (Å²) in [7, 11) is 1.69. The maximum Gasteiger partial charge on any atom is 0.289 e. The Hall–Kier alpha value is -2.81. The maximum atomic E-state index is 12.9. The first-order valence-electron chi connectivity index (χ1n) is 9.95. The molecular weight excluding hydrogens is 372 g/mol. The van der Waals surface area contributed by atoms with Crippen molar-refractivity contribution in [3.05, 3.63) is 35.0 Å². The molecule has 0 spiro atoms. The molecule has 0 aliphatic carbocycles. The molecule has 4 rings (SSSR count). The number of nitrogens with zero attached hydrogens (tertiary/aromatic N) is 5. The summed E-state index contributed by atoms with van der Waals surface area (Å²) in [5.41, 5.74) is 2.02. The van der Waals surface area contributed by atoms with Crippen molar-refractivity contribution in [3.63, 3.8) is 0 Å². The van der Waals surface area contributed by atoms with Gasteiger partial charge in [-0.05, 0) is 26.7 Å². The molecule has 0 bridgehead atoms. The zero-order chi connectivity index (χ0) is 20.8. The highest BCUT2D eigenvalue weighted by Crippen LogP contribution is 2.38. The minimum Gasteiger partial charge on any atom is -0.364 e. The van der Waals surface area contributed by atoms with Crippen LogP contribution in [-0.4, -0.2) is 44.7 Å². The molecule has 29 heavy (non-hydrogen) atoms. The van der Waals surface area contributed by atoms with Crippen LogP contribution in [0.25, 0.3) is 0 Å². The average molecular weight is 398 g/mol. The first-order chi connectivity index (χ1) is 13.8. The number of aryl methyl sites for hydroxylation is 2. The summed E-state index contributed by atoms with van der Waals surface area (Å²) < 4.78 is 7.71. The number of likely N-dealkylation sites (N-methyl/N-ethyl adjacent to an activating group) is 1. The largest absolute Gasteiger partial charge is 0.364 e. The van der Waals surface area contributed by atoms with Gasteiger partial charge in [0.1, 0.15) is 17.5 Å². The van der Waals surface area contributed by atoms with Gasteiger partial charge in [0, 0.05) is 31.4 Å². The van der Waals surface area contributed by atoms with E-state index in [0.29, 0.717) is 19.6 Å². The Morgan fingerprint density at radius 1 is 1.45 bits per heavy atom. The van der Waals surface area contributed by atoms with Gasteiger partial charge in [0.15, 0.2) is 0 Å². The lowest BCUT2D eigenvalue weighted by atomic mass is 9.95. The number of rotatable bonds is 4. The number of carbonyl (C=O) groups excluding carboxylic acids is 2. The molecule has 2 atom stereocenters. The third-order valence-corrected chi connectivity index (χ3v) is 5.63. The predicted octanol–water partition coefficient (Wildman–Crippen LogP) is 1.69. The van der Waals surface area contributed by atoms with Crippen LogP contribution >= 0.6 is 0 Å². The topological polar surface area (TPSA) is 102 Å². The van der Waals surface area contributed by atoms with Crippen molar-refractivity contribution in [2.75, 3.05) is 11.9 Å². The first-order valence-corrected chi connectivity index (χ1v) is 9.95. The minimum atomic E-state index is -0.662. The second-order valence-corrected chi connectivity index (χ2v) is 7.92. The Kier molecular flexibility index (Phi) is 4.85. The van der Waals surface area contributed by atoms with E-state index in [1.165, 1.54) is 4.90 Å². The third kappa shape index (κ3) is 3.39. The zero-order valence-corrected chi connectivity index (χ0v) is 17.2. The van der Waals surface area contributed by atoms with Crippen molar-refractivity contribution < 1.29 is 14.3 Å². The van der Waals surface area contributed by atoms with Crippen LogP contribution in [0, 0.1) is 6.92 Å². The third-order valence-electron chi connectivity index (χ3n) is 5.63. The van der Waals surface area contributed by atoms with Crippen molar-refractivity contribution in [2.45, 2.75) is 64.8 Å². The highest BCUT2D eigenvalue weighted by molar-refractivity contribution is 6.00. The van der Waals surface area contributed by atoms with Gasteiger partial charge in [0.05, 0.1) is 18.0 Å². The summed E-state index contributed by atoms with van der Waals surface area (Å²) in [5.74, 6) is 0.147. The van der Waals surface area contributed by atoms with E-state index in [0.717, 1.165) is 35.6 Å². The van der Waals surface area contributed by atoms with Crippen LogP contribution in [0.5, 0.6) is 0 Å². The maximum absolute atomic E-state index is 12.9. The monoisotopic (exact) mass is 398 g/mol. The Balaban J connectivity index is 1.53. The Bertz CT molecular complexity index is 967. The van der Waals surface area contributed by atoms with E-state index in [-0.39, 0.29) is 11.7 Å². The van der Waals surface area contributed by atoms with Gasteiger partial charge in [-0.15, -0.1) is 0 Å². The number of aromatic nitrogens is 4. The Morgan fingerprint density at radius 3 is 3.00 bits per heavy atom. The summed E-state index contributed by atoms with van der Waals surface area (Å²) in [6.07, 6.45) is 3.86. The van der Waals surface area contributed by atoms with Crippen molar-refractivity contribution in [2.24, 2.45) is 0 Å². The number of carbonyl (C=O) groups is 2. The van der Waals surface area contributed by atoms with E-state index in [1.807, 2.05) is 19.9 Å². The lowest BCUT2D eigenvalue weighted by Gasteiger charge is -2.23. The van der Waals surface area contributed by atoms with Crippen molar-refractivity contribution in [1.29, 1.82) is 0 Å². The molecule has 0 saturated carbocycles. The van der Waals surface area contributed by atoms with Crippen LogP contribution in [-0.2, 0) is 28.3 Å². The summed E-state index contributed by atoms with van der Waals surface area (Å²) >= 11 is 0. The zero-order valence-electron chi connectivity index (χ0n) is 17.2. The van der Waals surface area contributed by atoms with Gasteiger partial charge in [-0.3, -0.25) is 14.5 Å². The molecule has 2 amide bonds. The van der Waals surface area contributed by atoms with Crippen molar-refractivity contribution >= 4 is 17.6 Å². The second-order valence-electron chi connectivity index (χ2n) is 7.92. The van der Waals surface area contributed by atoms with Crippen molar-refractivity contribution in [1.82, 2.24) is 25.1 Å². The first kappa shape index (κ1) is 19.5. The molecule has 9 nitrogen and oxygen atoms in total. The highest BCUT2D eigenvalue weighted by Gasteiger charge is 2.38. The minimum absolute atomic E-state index is 0.0601. The van der Waals surface area contributed by atoms with Crippen LogP contribution in [0.15, 0.2) is 12.3 Å². The molecule has 2 aliphatic heterocycles. The molecule has 0 aromatic carbocycles. The van der Waals surface area contributed by atoms with Crippen LogP contribution in [0.1, 0.15) is 60.7 Å². The fourth-order valence-corrected chi connectivity index (χ4v) is 4.10. The Labute approximate surface area is 169 Å². The van der Waals surface area contributed by atoms with Crippen LogP contribution in [0.2, 0.25) is 0 Å². The van der Waals surface area contributed by atoms with Gasteiger partial charge in [0.25, 0.3) is 11.8 Å². The van der Waals surface area contributed by atoms with Crippen LogP contribution in [0.4, 0.5) is 5.82 Å². The summed E-state index contributed by atoms with van der Waals surface area (Å²) in [4.78, 5) is 36.0. The van der Waals surface area contributed by atoms with Gasteiger partial charge in [-0.1, -0.05) is 13.3 Å². The molecule has 1 unspecified atom stereocenters. The molecule has 0 fully saturated rings. The lowest BCUT2D eigenvalue weighted by molar-refractivity contribution is -0.120. The van der Waals surface area contributed by atoms with Crippen LogP contribution in [0.3, 0.4) is 0 Å². The van der Waals surface area contributed by atoms with E-state index in [1.54, 1.807) is 17.9 Å². The number of ether oxygens (including phenoxy) is 1. The van der Waals surface area contributed by atoms with Gasteiger partial charge in [-0.2, -0.15) is 5.10 Å².